The first-order chi connectivity index (χ1) is 7.16. The van der Waals surface area contributed by atoms with E-state index < -0.39 is 0 Å². The second-order valence-electron chi connectivity index (χ2n) is 3.03. The fourth-order valence-corrected chi connectivity index (χ4v) is 1.36. The van der Waals surface area contributed by atoms with Crippen LogP contribution in [-0.4, -0.2) is 4.98 Å². The van der Waals surface area contributed by atoms with E-state index in [2.05, 4.69) is 4.98 Å². The van der Waals surface area contributed by atoms with Crippen LogP contribution in [0.2, 0.25) is 0 Å². The summed E-state index contributed by atoms with van der Waals surface area (Å²) in [5.41, 5.74) is 0.838. The fraction of sp³-hybridized carbons (Fsp3) is 0.250. The van der Waals surface area contributed by atoms with Gasteiger partial charge in [0.2, 0.25) is 5.56 Å². The molecular formula is C12H14FNO. The second kappa shape index (κ2) is 4.73. The molecule has 1 N–H and O–H groups in total. The van der Waals surface area contributed by atoms with Gasteiger partial charge in [0.1, 0.15) is 5.82 Å². The molecule has 0 atom stereocenters. The maximum Gasteiger partial charge on any atom is 0.248 e. The Morgan fingerprint density at radius 1 is 1.20 bits per heavy atom. The molecule has 2 aromatic rings. The Bertz CT molecular complexity index is 517. The molecule has 1 aromatic carbocycles. The summed E-state index contributed by atoms with van der Waals surface area (Å²) in [7, 11) is 0. The third-order valence-corrected chi connectivity index (χ3v) is 1.93. The molecule has 0 fully saturated rings. The molecule has 0 spiro atoms. The smallest absolute Gasteiger partial charge is 0.248 e. The van der Waals surface area contributed by atoms with Gasteiger partial charge in [-0.15, -0.1) is 0 Å². The summed E-state index contributed by atoms with van der Waals surface area (Å²) in [6.07, 6.45) is 0. The van der Waals surface area contributed by atoms with Crippen LogP contribution in [0.4, 0.5) is 4.39 Å². The van der Waals surface area contributed by atoms with E-state index in [0.29, 0.717) is 0 Å². The normalized spacial score (nSPS) is 9.60. The largest absolute Gasteiger partial charge is 0.319 e. The highest BCUT2D eigenvalue weighted by Gasteiger charge is 2.01. The number of aromatic amines is 1. The predicted molar refractivity (Wildman–Crippen MR) is 60.6 cm³/mol. The molecule has 0 aliphatic rings. The number of fused-ring (bicyclic) bond motifs is 1. The second-order valence-corrected chi connectivity index (χ2v) is 3.03. The van der Waals surface area contributed by atoms with Crippen molar-refractivity contribution < 1.29 is 4.39 Å². The van der Waals surface area contributed by atoms with Crippen molar-refractivity contribution in [1.82, 2.24) is 4.98 Å². The van der Waals surface area contributed by atoms with Gasteiger partial charge in [0.05, 0.1) is 5.52 Å². The number of H-pyrrole nitrogens is 1. The number of benzene rings is 1. The lowest BCUT2D eigenvalue weighted by Crippen LogP contribution is -2.03. The number of hydrogen-bond donors (Lipinski definition) is 1. The molecule has 80 valence electrons. The van der Waals surface area contributed by atoms with Gasteiger partial charge in [0.15, 0.2) is 0 Å². The zero-order valence-corrected chi connectivity index (χ0v) is 9.10. The van der Waals surface area contributed by atoms with Gasteiger partial charge in [0, 0.05) is 11.5 Å². The fourth-order valence-electron chi connectivity index (χ4n) is 1.36. The van der Waals surface area contributed by atoms with Crippen molar-refractivity contribution in [2.75, 3.05) is 0 Å². The maximum atomic E-state index is 13.3. The highest BCUT2D eigenvalue weighted by Crippen LogP contribution is 2.15. The minimum absolute atomic E-state index is 0.276. The Balaban J connectivity index is 0.000000531. The summed E-state index contributed by atoms with van der Waals surface area (Å²) in [5, 5.41) is 0.720. The van der Waals surface area contributed by atoms with Crippen molar-refractivity contribution in [1.29, 1.82) is 0 Å². The molecule has 2 rings (SSSR count). The molecule has 0 unspecified atom stereocenters. The van der Waals surface area contributed by atoms with E-state index in [9.17, 15) is 9.18 Å². The van der Waals surface area contributed by atoms with Gasteiger partial charge >= 0.3 is 0 Å². The molecule has 0 aliphatic carbocycles. The lowest BCUT2D eigenvalue weighted by Gasteiger charge is -1.99. The van der Waals surface area contributed by atoms with Gasteiger partial charge in [0.25, 0.3) is 0 Å². The lowest BCUT2D eigenvalue weighted by atomic mass is 10.1. The lowest BCUT2D eigenvalue weighted by molar-refractivity contribution is 0.635. The molecule has 1 aromatic heterocycles. The van der Waals surface area contributed by atoms with Crippen LogP contribution in [0.5, 0.6) is 0 Å². The van der Waals surface area contributed by atoms with Crippen LogP contribution >= 0.6 is 0 Å². The topological polar surface area (TPSA) is 32.9 Å². The van der Waals surface area contributed by atoms with E-state index in [0.717, 1.165) is 10.9 Å². The molecule has 0 amide bonds. The number of nitrogens with one attached hydrogen (secondary N) is 1. The number of rotatable bonds is 0. The molecule has 2 nitrogen and oxygen atoms in total. The SMILES string of the molecule is CC.Cc1cc(F)c2[nH]c(=O)ccc2c1. The van der Waals surface area contributed by atoms with Crippen LogP contribution in [0.25, 0.3) is 10.9 Å². The van der Waals surface area contributed by atoms with Crippen LogP contribution in [-0.2, 0) is 0 Å². The standard InChI is InChI=1S/C10H8FNO.C2H6/c1-6-4-7-2-3-9(13)12-10(7)8(11)5-6;1-2/h2-5H,1H3,(H,12,13);1-2H3. The van der Waals surface area contributed by atoms with E-state index >= 15 is 0 Å². The van der Waals surface area contributed by atoms with Gasteiger partial charge in [-0.2, -0.15) is 0 Å². The Kier molecular flexibility index (Phi) is 3.61. The third-order valence-electron chi connectivity index (χ3n) is 1.93. The Labute approximate surface area is 87.8 Å². The molecule has 0 saturated carbocycles. The average molecular weight is 207 g/mol. The molecule has 0 saturated heterocycles. The molecule has 0 aliphatic heterocycles. The van der Waals surface area contributed by atoms with Crippen LogP contribution in [0, 0.1) is 12.7 Å². The predicted octanol–water partition coefficient (Wildman–Crippen LogP) is 3.00. The van der Waals surface area contributed by atoms with E-state index in [4.69, 9.17) is 0 Å². The zero-order valence-electron chi connectivity index (χ0n) is 9.10. The average Bonchev–Trinajstić information content (AvgIpc) is 2.22. The summed E-state index contributed by atoms with van der Waals surface area (Å²) in [4.78, 5) is 13.4. The number of halogens is 1. The van der Waals surface area contributed by atoms with Crippen LogP contribution in [0.1, 0.15) is 19.4 Å². The van der Waals surface area contributed by atoms with Crippen LogP contribution in [0.15, 0.2) is 29.1 Å². The summed E-state index contributed by atoms with van der Waals surface area (Å²) in [6.45, 7) is 5.81. The van der Waals surface area contributed by atoms with Gasteiger partial charge in [-0.3, -0.25) is 4.79 Å². The molecule has 1 heterocycles. The van der Waals surface area contributed by atoms with E-state index in [-0.39, 0.29) is 16.9 Å². The van der Waals surface area contributed by atoms with Crippen molar-refractivity contribution in [3.05, 3.63) is 46.0 Å². The summed E-state index contributed by atoms with van der Waals surface area (Å²) in [6, 6.07) is 6.23. The van der Waals surface area contributed by atoms with Crippen molar-refractivity contribution in [2.45, 2.75) is 20.8 Å². The van der Waals surface area contributed by atoms with Crippen LogP contribution in [0.3, 0.4) is 0 Å². The summed E-state index contributed by atoms with van der Waals surface area (Å²) < 4.78 is 13.3. The van der Waals surface area contributed by atoms with Crippen molar-refractivity contribution in [2.24, 2.45) is 0 Å². The monoisotopic (exact) mass is 207 g/mol. The molecular weight excluding hydrogens is 193 g/mol. The third kappa shape index (κ3) is 2.43. The highest BCUT2D eigenvalue weighted by molar-refractivity contribution is 5.79. The Hall–Kier alpha value is -1.64. The van der Waals surface area contributed by atoms with E-state index in [1.54, 1.807) is 6.07 Å². The molecule has 0 bridgehead atoms. The summed E-state index contributed by atoms with van der Waals surface area (Å²) in [5.74, 6) is -0.382. The maximum absolute atomic E-state index is 13.3. The van der Waals surface area contributed by atoms with Crippen molar-refractivity contribution in [3.8, 4) is 0 Å². The zero-order chi connectivity index (χ0) is 11.4. The minimum Gasteiger partial charge on any atom is -0.319 e. The first-order valence-electron chi connectivity index (χ1n) is 4.96. The number of hydrogen-bond acceptors (Lipinski definition) is 1. The highest BCUT2D eigenvalue weighted by atomic mass is 19.1. The molecule has 3 heteroatoms. The molecule has 15 heavy (non-hydrogen) atoms. The van der Waals surface area contributed by atoms with Gasteiger partial charge < -0.3 is 4.98 Å². The van der Waals surface area contributed by atoms with Gasteiger partial charge in [-0.1, -0.05) is 13.8 Å². The molecule has 0 radical (unpaired) electrons. The first kappa shape index (κ1) is 11.4. The summed E-state index contributed by atoms with van der Waals surface area (Å²) >= 11 is 0. The van der Waals surface area contributed by atoms with Gasteiger partial charge in [-0.25, -0.2) is 4.39 Å². The number of aryl methyl sites for hydroxylation is 1. The first-order valence-corrected chi connectivity index (χ1v) is 4.96. The Morgan fingerprint density at radius 3 is 2.53 bits per heavy atom. The van der Waals surface area contributed by atoms with Crippen molar-refractivity contribution >= 4 is 10.9 Å². The van der Waals surface area contributed by atoms with E-state index in [1.807, 2.05) is 26.8 Å². The van der Waals surface area contributed by atoms with Crippen LogP contribution < -0.4 is 5.56 Å². The number of pyridine rings is 1. The van der Waals surface area contributed by atoms with E-state index in [1.165, 1.54) is 12.1 Å². The Morgan fingerprint density at radius 2 is 1.87 bits per heavy atom. The van der Waals surface area contributed by atoms with Crippen molar-refractivity contribution in [3.63, 3.8) is 0 Å². The minimum atomic E-state index is -0.382. The quantitative estimate of drug-likeness (QED) is 0.707. The number of aromatic nitrogens is 1. The van der Waals surface area contributed by atoms with Gasteiger partial charge in [-0.05, 0) is 30.7 Å².